The van der Waals surface area contributed by atoms with Crippen molar-refractivity contribution in [3.05, 3.63) is 71.2 Å². The largest absolute Gasteiger partial charge is 0.496 e. The monoisotopic (exact) mass is 443 g/mol. The van der Waals surface area contributed by atoms with Gasteiger partial charge in [0.1, 0.15) is 11.0 Å². The van der Waals surface area contributed by atoms with Crippen molar-refractivity contribution in [2.45, 2.75) is 23.0 Å². The van der Waals surface area contributed by atoms with Crippen LogP contribution in [0.5, 0.6) is 5.75 Å². The number of aryl methyl sites for hydroxylation is 1. The fraction of sp³-hybridized carbons (Fsp3) is 0.261. The third-order valence-corrected chi connectivity index (χ3v) is 7.95. The maximum Gasteiger partial charge on any atom is 0.222 e. The summed E-state index contributed by atoms with van der Waals surface area (Å²) in [6.07, 6.45) is 0.840. The summed E-state index contributed by atoms with van der Waals surface area (Å²) in [6, 6.07) is 18.1. The van der Waals surface area contributed by atoms with Crippen LogP contribution in [0.3, 0.4) is 0 Å². The standard InChI is InChI=1S/C23H22ClNO4S/c1-29-22-12-6-16-4-2-3-5-20(16)21(22)11-13-23(26)25-14-19(15-25)30(27,28)18-9-7-17(24)8-10-18/h2-10,12,19H,11,13-15H2,1H3. The van der Waals surface area contributed by atoms with Crippen LogP contribution in [-0.2, 0) is 21.1 Å². The van der Waals surface area contributed by atoms with Crippen LogP contribution in [0, 0.1) is 0 Å². The van der Waals surface area contributed by atoms with Crippen LogP contribution in [0.4, 0.5) is 0 Å². The fourth-order valence-electron chi connectivity index (χ4n) is 3.81. The number of halogens is 1. The van der Waals surface area contributed by atoms with Gasteiger partial charge in [0.15, 0.2) is 9.84 Å². The van der Waals surface area contributed by atoms with E-state index in [4.69, 9.17) is 16.3 Å². The second kappa shape index (κ2) is 8.28. The first kappa shape index (κ1) is 20.7. The Balaban J connectivity index is 1.41. The lowest BCUT2D eigenvalue weighted by Crippen LogP contribution is -2.56. The molecule has 0 unspecified atom stereocenters. The average Bonchev–Trinajstić information content (AvgIpc) is 2.70. The lowest BCUT2D eigenvalue weighted by atomic mass is 9.99. The van der Waals surface area contributed by atoms with Gasteiger partial charge in [-0.2, -0.15) is 0 Å². The summed E-state index contributed by atoms with van der Waals surface area (Å²) in [5.41, 5.74) is 0.995. The van der Waals surface area contributed by atoms with Gasteiger partial charge in [-0.1, -0.05) is 41.9 Å². The van der Waals surface area contributed by atoms with Gasteiger partial charge in [-0.3, -0.25) is 4.79 Å². The van der Waals surface area contributed by atoms with E-state index in [0.29, 0.717) is 17.9 Å². The molecule has 0 N–H and O–H groups in total. The number of hydrogen-bond acceptors (Lipinski definition) is 4. The van der Waals surface area contributed by atoms with Gasteiger partial charge in [-0.05, 0) is 47.5 Å². The van der Waals surface area contributed by atoms with E-state index in [-0.39, 0.29) is 23.9 Å². The zero-order valence-electron chi connectivity index (χ0n) is 16.5. The Bertz CT molecular complexity index is 1190. The van der Waals surface area contributed by atoms with Crippen molar-refractivity contribution in [2.24, 2.45) is 0 Å². The number of likely N-dealkylation sites (tertiary alicyclic amines) is 1. The lowest BCUT2D eigenvalue weighted by Gasteiger charge is -2.38. The van der Waals surface area contributed by atoms with Crippen molar-refractivity contribution in [3.8, 4) is 5.75 Å². The predicted octanol–water partition coefficient (Wildman–Crippen LogP) is 4.12. The Morgan fingerprint density at radius 3 is 2.47 bits per heavy atom. The fourth-order valence-corrected chi connectivity index (χ4v) is 5.59. The molecule has 0 aromatic heterocycles. The van der Waals surface area contributed by atoms with Crippen molar-refractivity contribution in [1.29, 1.82) is 0 Å². The zero-order valence-corrected chi connectivity index (χ0v) is 18.1. The normalized spacial score (nSPS) is 14.5. The third-order valence-electron chi connectivity index (χ3n) is 5.59. The number of nitrogens with zero attached hydrogens (tertiary/aromatic N) is 1. The van der Waals surface area contributed by atoms with Gasteiger partial charge in [-0.15, -0.1) is 0 Å². The Morgan fingerprint density at radius 2 is 1.77 bits per heavy atom. The predicted molar refractivity (Wildman–Crippen MR) is 118 cm³/mol. The summed E-state index contributed by atoms with van der Waals surface area (Å²) < 4.78 is 30.9. The molecule has 1 aliphatic rings. The summed E-state index contributed by atoms with van der Waals surface area (Å²) in [5.74, 6) is 0.709. The number of hydrogen-bond donors (Lipinski definition) is 0. The number of fused-ring (bicyclic) bond motifs is 1. The molecule has 0 aliphatic carbocycles. The molecule has 0 bridgehead atoms. The number of sulfone groups is 1. The molecule has 30 heavy (non-hydrogen) atoms. The maximum atomic E-state index is 12.7. The van der Waals surface area contributed by atoms with E-state index in [0.717, 1.165) is 22.1 Å². The topological polar surface area (TPSA) is 63.7 Å². The first-order valence-corrected chi connectivity index (χ1v) is 11.6. The minimum atomic E-state index is -3.46. The van der Waals surface area contributed by atoms with Crippen molar-refractivity contribution >= 4 is 38.1 Å². The van der Waals surface area contributed by atoms with Gasteiger partial charge in [0.25, 0.3) is 0 Å². The Kier molecular flexibility index (Phi) is 5.71. The van der Waals surface area contributed by atoms with Crippen molar-refractivity contribution in [1.82, 2.24) is 4.90 Å². The van der Waals surface area contributed by atoms with Crippen molar-refractivity contribution in [3.63, 3.8) is 0 Å². The number of ether oxygens (including phenoxy) is 1. The van der Waals surface area contributed by atoms with E-state index in [2.05, 4.69) is 0 Å². The molecule has 156 valence electrons. The lowest BCUT2D eigenvalue weighted by molar-refractivity contribution is -0.134. The first-order chi connectivity index (χ1) is 14.4. The third kappa shape index (κ3) is 3.89. The van der Waals surface area contributed by atoms with Gasteiger partial charge in [-0.25, -0.2) is 8.42 Å². The molecule has 3 aromatic rings. The molecular weight excluding hydrogens is 422 g/mol. The summed E-state index contributed by atoms with van der Waals surface area (Å²) in [5, 5.41) is 2.08. The number of rotatable bonds is 6. The van der Waals surface area contributed by atoms with Gasteiger partial charge >= 0.3 is 0 Å². The highest BCUT2D eigenvalue weighted by Gasteiger charge is 2.40. The highest BCUT2D eigenvalue weighted by atomic mass is 35.5. The first-order valence-electron chi connectivity index (χ1n) is 9.72. The average molecular weight is 444 g/mol. The number of benzene rings is 3. The number of methoxy groups -OCH3 is 1. The van der Waals surface area contributed by atoms with Crippen LogP contribution >= 0.6 is 11.6 Å². The van der Waals surface area contributed by atoms with Gasteiger partial charge < -0.3 is 9.64 Å². The summed E-state index contributed by atoms with van der Waals surface area (Å²) in [6.45, 7) is 0.437. The Labute approximate surface area is 181 Å². The van der Waals surface area contributed by atoms with Crippen LogP contribution in [-0.4, -0.2) is 44.7 Å². The number of amides is 1. The summed E-state index contributed by atoms with van der Waals surface area (Å²) >= 11 is 5.84. The molecule has 7 heteroatoms. The highest BCUT2D eigenvalue weighted by Crippen LogP contribution is 2.30. The second-order valence-corrected chi connectivity index (χ2v) is 10.1. The van der Waals surface area contributed by atoms with Crippen molar-refractivity contribution in [2.75, 3.05) is 20.2 Å². The minimum Gasteiger partial charge on any atom is -0.496 e. The van der Waals surface area contributed by atoms with E-state index in [1.165, 1.54) is 12.1 Å². The molecule has 1 saturated heterocycles. The molecule has 0 spiro atoms. The Morgan fingerprint density at radius 1 is 1.07 bits per heavy atom. The number of carbonyl (C=O) groups excluding carboxylic acids is 1. The quantitative estimate of drug-likeness (QED) is 0.575. The van der Waals surface area contributed by atoms with Crippen molar-refractivity contribution < 1.29 is 17.9 Å². The second-order valence-electron chi connectivity index (χ2n) is 7.39. The smallest absolute Gasteiger partial charge is 0.222 e. The number of carbonyl (C=O) groups is 1. The molecule has 0 atom stereocenters. The van der Waals surface area contributed by atoms with Crippen LogP contribution in [0.25, 0.3) is 10.8 Å². The van der Waals surface area contributed by atoms with Crippen LogP contribution in [0.15, 0.2) is 65.6 Å². The van der Waals surface area contributed by atoms with Crippen LogP contribution in [0.1, 0.15) is 12.0 Å². The van der Waals surface area contributed by atoms with E-state index < -0.39 is 15.1 Å². The molecule has 4 rings (SSSR count). The Hall–Kier alpha value is -2.57. The molecule has 5 nitrogen and oxygen atoms in total. The van der Waals surface area contributed by atoms with E-state index in [1.54, 1.807) is 24.1 Å². The van der Waals surface area contributed by atoms with Gasteiger partial charge in [0, 0.05) is 30.1 Å². The van der Waals surface area contributed by atoms with E-state index in [1.807, 2.05) is 36.4 Å². The molecule has 3 aromatic carbocycles. The molecule has 0 radical (unpaired) electrons. The molecular formula is C23H22ClNO4S. The summed E-state index contributed by atoms with van der Waals surface area (Å²) in [7, 11) is -1.84. The van der Waals surface area contributed by atoms with E-state index in [9.17, 15) is 13.2 Å². The minimum absolute atomic E-state index is 0.0486. The summed E-state index contributed by atoms with van der Waals surface area (Å²) in [4.78, 5) is 14.5. The molecule has 1 aliphatic heterocycles. The molecule has 1 fully saturated rings. The molecule has 1 amide bonds. The van der Waals surface area contributed by atoms with Crippen LogP contribution in [0.2, 0.25) is 5.02 Å². The SMILES string of the molecule is COc1ccc2ccccc2c1CCC(=O)N1CC(S(=O)(=O)c2ccc(Cl)cc2)C1. The molecule has 0 saturated carbocycles. The van der Waals surface area contributed by atoms with E-state index >= 15 is 0 Å². The molecule has 1 heterocycles. The maximum absolute atomic E-state index is 12.7. The van der Waals surface area contributed by atoms with Gasteiger partial charge in [0.05, 0.1) is 12.0 Å². The van der Waals surface area contributed by atoms with Crippen LogP contribution < -0.4 is 4.74 Å². The zero-order chi connectivity index (χ0) is 21.3. The van der Waals surface area contributed by atoms with Gasteiger partial charge in [0.2, 0.25) is 5.91 Å². The highest BCUT2D eigenvalue weighted by molar-refractivity contribution is 7.92.